The molecule has 0 aliphatic heterocycles. The van der Waals surface area contributed by atoms with Gasteiger partial charge in [-0.3, -0.25) is 0 Å². The van der Waals surface area contributed by atoms with E-state index in [2.05, 4.69) is 115 Å². The number of allylic oxidation sites excluding steroid dienone is 5. The van der Waals surface area contributed by atoms with Gasteiger partial charge in [0.1, 0.15) is 0 Å². The average Bonchev–Trinajstić information content (AvgIpc) is 3.42. The normalized spacial score (nSPS) is 17.8. The zero-order valence-corrected chi connectivity index (χ0v) is 16.3. The first-order valence-electron chi connectivity index (χ1n) is 9.65. The molecule has 0 saturated heterocycles. The fourth-order valence-corrected chi connectivity index (χ4v) is 10.4. The van der Waals surface area contributed by atoms with Crippen LogP contribution in [0.5, 0.6) is 0 Å². The maximum Gasteiger partial charge on any atom is 0.155 e. The van der Waals surface area contributed by atoms with E-state index >= 15 is 0 Å². The SMILES string of the molecule is C1=CCC([Si](c2ccccc2)(c2ccccc2)C2C=Cc3ccccc32)=C1. The maximum absolute atomic E-state index is 2.47. The van der Waals surface area contributed by atoms with Gasteiger partial charge in [-0.25, -0.2) is 0 Å². The Kier molecular flexibility index (Phi) is 4.03. The molecule has 0 heterocycles. The largest absolute Gasteiger partial charge is 0.155 e. The van der Waals surface area contributed by atoms with Gasteiger partial charge in [-0.1, -0.05) is 121 Å². The number of rotatable bonds is 4. The van der Waals surface area contributed by atoms with Crippen LogP contribution in [0.15, 0.2) is 114 Å². The van der Waals surface area contributed by atoms with Gasteiger partial charge in [-0.15, -0.1) is 0 Å². The zero-order chi connectivity index (χ0) is 18.1. The number of hydrogen-bond acceptors (Lipinski definition) is 0. The van der Waals surface area contributed by atoms with Gasteiger partial charge < -0.3 is 0 Å². The number of hydrogen-bond donors (Lipinski definition) is 0. The van der Waals surface area contributed by atoms with Crippen LogP contribution in [-0.2, 0) is 0 Å². The van der Waals surface area contributed by atoms with E-state index in [4.69, 9.17) is 0 Å². The monoisotopic (exact) mass is 362 g/mol. The van der Waals surface area contributed by atoms with Crippen molar-refractivity contribution in [2.75, 3.05) is 0 Å². The van der Waals surface area contributed by atoms with Crippen molar-refractivity contribution < 1.29 is 0 Å². The molecular weight excluding hydrogens is 340 g/mol. The van der Waals surface area contributed by atoms with Crippen molar-refractivity contribution >= 4 is 24.5 Å². The van der Waals surface area contributed by atoms with Crippen molar-refractivity contribution in [3.05, 3.63) is 126 Å². The molecule has 0 nitrogen and oxygen atoms in total. The van der Waals surface area contributed by atoms with E-state index in [1.54, 1.807) is 5.20 Å². The number of fused-ring (bicyclic) bond motifs is 1. The highest BCUT2D eigenvalue weighted by molar-refractivity contribution is 7.08. The van der Waals surface area contributed by atoms with E-state index in [0.717, 1.165) is 6.42 Å². The standard InChI is InChI=1S/C26H22Si/c1-3-12-22(13-4-1)27(24-16-8-9-17-24,23-14-5-2-6-15-23)26-20-19-21-11-7-10-18-25(21)26/h1-16,18-20,26H,17H2. The second-order valence-corrected chi connectivity index (χ2v) is 11.4. The fraction of sp³-hybridized carbons (Fsp3) is 0.0769. The lowest BCUT2D eigenvalue weighted by Gasteiger charge is -2.40. The van der Waals surface area contributed by atoms with Gasteiger partial charge in [0.15, 0.2) is 8.07 Å². The zero-order valence-electron chi connectivity index (χ0n) is 15.3. The Hall–Kier alpha value is -2.90. The Labute approximate surface area is 162 Å². The van der Waals surface area contributed by atoms with Crippen LogP contribution < -0.4 is 10.4 Å². The van der Waals surface area contributed by atoms with Crippen LogP contribution in [0.3, 0.4) is 0 Å². The van der Waals surface area contributed by atoms with Gasteiger partial charge >= 0.3 is 0 Å². The molecule has 2 aliphatic carbocycles. The second-order valence-electron chi connectivity index (χ2n) is 7.33. The van der Waals surface area contributed by atoms with E-state index < -0.39 is 8.07 Å². The Morgan fingerprint density at radius 3 is 1.96 bits per heavy atom. The third-order valence-electron chi connectivity index (χ3n) is 6.00. The molecule has 0 radical (unpaired) electrons. The first kappa shape index (κ1) is 16.3. The first-order chi connectivity index (χ1) is 13.4. The minimum absolute atomic E-state index is 0.421. The molecule has 1 atom stereocenters. The summed E-state index contributed by atoms with van der Waals surface area (Å²) >= 11 is 0. The predicted molar refractivity (Wildman–Crippen MR) is 118 cm³/mol. The molecule has 2 aliphatic rings. The van der Waals surface area contributed by atoms with Crippen LogP contribution in [0.2, 0.25) is 0 Å². The molecule has 3 aromatic rings. The summed E-state index contributed by atoms with van der Waals surface area (Å²) in [5.41, 5.74) is 3.27. The predicted octanol–water partition coefficient (Wildman–Crippen LogP) is 5.02. The summed E-state index contributed by atoms with van der Waals surface area (Å²) in [6.45, 7) is 0. The molecule has 27 heavy (non-hydrogen) atoms. The lowest BCUT2D eigenvalue weighted by atomic mass is 10.1. The Morgan fingerprint density at radius 1 is 0.704 bits per heavy atom. The molecule has 0 aromatic heterocycles. The van der Waals surface area contributed by atoms with Gasteiger partial charge in [0.2, 0.25) is 0 Å². The van der Waals surface area contributed by atoms with Gasteiger partial charge in [0.05, 0.1) is 0 Å². The quantitative estimate of drug-likeness (QED) is 0.571. The molecule has 0 bridgehead atoms. The van der Waals surface area contributed by atoms with Crippen LogP contribution >= 0.6 is 0 Å². The van der Waals surface area contributed by atoms with E-state index in [-0.39, 0.29) is 0 Å². The highest BCUT2D eigenvalue weighted by Crippen LogP contribution is 2.41. The summed E-state index contributed by atoms with van der Waals surface area (Å²) < 4.78 is 0. The summed E-state index contributed by atoms with van der Waals surface area (Å²) in [5.74, 6) is 0. The summed E-state index contributed by atoms with van der Waals surface area (Å²) in [7, 11) is -2.22. The topological polar surface area (TPSA) is 0 Å². The molecular formula is C26H22Si. The summed E-state index contributed by atoms with van der Waals surface area (Å²) in [6, 6.07) is 31.4. The lowest BCUT2D eigenvalue weighted by Crippen LogP contribution is -2.63. The van der Waals surface area contributed by atoms with Crippen molar-refractivity contribution in [3.63, 3.8) is 0 Å². The van der Waals surface area contributed by atoms with Crippen LogP contribution in [0.4, 0.5) is 0 Å². The van der Waals surface area contributed by atoms with Crippen molar-refractivity contribution in [2.45, 2.75) is 12.0 Å². The second kappa shape index (κ2) is 6.68. The molecule has 0 N–H and O–H groups in total. The Balaban J connectivity index is 1.84. The van der Waals surface area contributed by atoms with E-state index in [1.807, 2.05) is 0 Å². The molecule has 130 valence electrons. The molecule has 3 aromatic carbocycles. The van der Waals surface area contributed by atoms with E-state index in [1.165, 1.54) is 21.5 Å². The van der Waals surface area contributed by atoms with Crippen LogP contribution in [0.25, 0.3) is 6.08 Å². The fourth-order valence-electron chi connectivity index (χ4n) is 4.87. The highest BCUT2D eigenvalue weighted by Gasteiger charge is 2.48. The smallest absolute Gasteiger partial charge is 0.0808 e. The summed E-state index contributed by atoms with van der Waals surface area (Å²) in [4.78, 5) is 0. The van der Waals surface area contributed by atoms with E-state index in [9.17, 15) is 0 Å². The van der Waals surface area contributed by atoms with E-state index in [0.29, 0.717) is 5.54 Å². The van der Waals surface area contributed by atoms with Gasteiger partial charge in [-0.2, -0.15) is 0 Å². The third kappa shape index (κ3) is 2.50. The third-order valence-corrected chi connectivity index (χ3v) is 11.3. The van der Waals surface area contributed by atoms with Gasteiger partial charge in [0, 0.05) is 5.54 Å². The molecule has 1 heteroatoms. The van der Waals surface area contributed by atoms with Crippen LogP contribution in [-0.4, -0.2) is 8.07 Å². The molecule has 0 spiro atoms. The highest BCUT2D eigenvalue weighted by atomic mass is 28.3. The lowest BCUT2D eigenvalue weighted by molar-refractivity contribution is 1.17. The minimum atomic E-state index is -2.22. The van der Waals surface area contributed by atoms with Crippen molar-refractivity contribution in [1.82, 2.24) is 0 Å². The first-order valence-corrected chi connectivity index (χ1v) is 11.7. The average molecular weight is 363 g/mol. The Morgan fingerprint density at radius 2 is 1.33 bits per heavy atom. The molecule has 0 fully saturated rings. The molecule has 5 rings (SSSR count). The van der Waals surface area contributed by atoms with Crippen molar-refractivity contribution in [2.24, 2.45) is 0 Å². The van der Waals surface area contributed by atoms with Crippen molar-refractivity contribution in [3.8, 4) is 0 Å². The molecule has 1 unspecified atom stereocenters. The van der Waals surface area contributed by atoms with Crippen LogP contribution in [0.1, 0.15) is 23.1 Å². The van der Waals surface area contributed by atoms with Crippen LogP contribution in [0, 0.1) is 0 Å². The van der Waals surface area contributed by atoms with Crippen molar-refractivity contribution in [1.29, 1.82) is 0 Å². The van der Waals surface area contributed by atoms with Gasteiger partial charge in [-0.05, 0) is 27.9 Å². The summed E-state index contributed by atoms with van der Waals surface area (Å²) in [5, 5.41) is 4.60. The maximum atomic E-state index is 2.47. The summed E-state index contributed by atoms with van der Waals surface area (Å²) in [6.07, 6.45) is 12.8. The minimum Gasteiger partial charge on any atom is -0.0808 e. The molecule has 0 amide bonds. The Bertz CT molecular complexity index is 1000. The number of benzene rings is 3. The van der Waals surface area contributed by atoms with Gasteiger partial charge in [0.25, 0.3) is 0 Å². The molecule has 0 saturated carbocycles.